The van der Waals surface area contributed by atoms with Crippen molar-refractivity contribution in [3.63, 3.8) is 0 Å². The van der Waals surface area contributed by atoms with Gasteiger partial charge in [-0.3, -0.25) is 0 Å². The SMILES string of the molecule is CCOC(=O)/C(C#N)=C/c1cc(OC)c(O)c(OC)c1. The first-order valence-electron chi connectivity index (χ1n) is 5.81. The maximum atomic E-state index is 11.5. The predicted octanol–water partition coefficient (Wildman–Crippen LogP) is 1.88. The Labute approximate surface area is 116 Å². The Hall–Kier alpha value is -2.68. The zero-order valence-corrected chi connectivity index (χ0v) is 11.5. The summed E-state index contributed by atoms with van der Waals surface area (Å²) in [6, 6.07) is 4.73. The number of hydrogen-bond acceptors (Lipinski definition) is 6. The number of phenols is 1. The van der Waals surface area contributed by atoms with Crippen molar-refractivity contribution in [2.75, 3.05) is 20.8 Å². The molecule has 20 heavy (non-hydrogen) atoms. The van der Waals surface area contributed by atoms with Gasteiger partial charge in [0, 0.05) is 0 Å². The van der Waals surface area contributed by atoms with Gasteiger partial charge in [-0.25, -0.2) is 4.79 Å². The van der Waals surface area contributed by atoms with Gasteiger partial charge in [0.25, 0.3) is 0 Å². The molecule has 0 radical (unpaired) electrons. The number of esters is 1. The second kappa shape index (κ2) is 7.04. The molecule has 0 saturated heterocycles. The van der Waals surface area contributed by atoms with Gasteiger partial charge in [-0.2, -0.15) is 5.26 Å². The van der Waals surface area contributed by atoms with E-state index in [9.17, 15) is 9.90 Å². The van der Waals surface area contributed by atoms with Gasteiger partial charge in [0.1, 0.15) is 11.6 Å². The van der Waals surface area contributed by atoms with Gasteiger partial charge in [-0.05, 0) is 30.7 Å². The highest BCUT2D eigenvalue weighted by molar-refractivity contribution is 5.98. The monoisotopic (exact) mass is 277 g/mol. The number of phenolic OH excluding ortho intramolecular Hbond substituents is 1. The third-order valence-electron chi connectivity index (χ3n) is 2.43. The molecule has 0 spiro atoms. The fourth-order valence-electron chi connectivity index (χ4n) is 1.51. The molecule has 1 N–H and O–H groups in total. The van der Waals surface area contributed by atoms with Crippen LogP contribution in [0, 0.1) is 11.3 Å². The van der Waals surface area contributed by atoms with E-state index in [0.717, 1.165) is 0 Å². The van der Waals surface area contributed by atoms with Crippen molar-refractivity contribution >= 4 is 12.0 Å². The predicted molar refractivity (Wildman–Crippen MR) is 71.4 cm³/mol. The van der Waals surface area contributed by atoms with Crippen molar-refractivity contribution in [2.45, 2.75) is 6.92 Å². The lowest BCUT2D eigenvalue weighted by atomic mass is 10.1. The van der Waals surface area contributed by atoms with Crippen LogP contribution < -0.4 is 9.47 Å². The second-order valence-electron chi connectivity index (χ2n) is 3.66. The smallest absolute Gasteiger partial charge is 0.348 e. The summed E-state index contributed by atoms with van der Waals surface area (Å²) in [5.74, 6) is -0.503. The van der Waals surface area contributed by atoms with Crippen LogP contribution in [0.1, 0.15) is 12.5 Å². The molecule has 0 unspecified atom stereocenters. The van der Waals surface area contributed by atoms with Crippen molar-refractivity contribution < 1.29 is 24.1 Å². The second-order valence-corrected chi connectivity index (χ2v) is 3.66. The third kappa shape index (κ3) is 3.42. The molecule has 0 aliphatic heterocycles. The Morgan fingerprint density at radius 3 is 2.30 bits per heavy atom. The average Bonchev–Trinajstić information content (AvgIpc) is 2.46. The number of aromatic hydroxyl groups is 1. The van der Waals surface area contributed by atoms with E-state index in [1.165, 1.54) is 32.4 Å². The minimum absolute atomic E-state index is 0.151. The molecule has 106 valence electrons. The quantitative estimate of drug-likeness (QED) is 0.502. The van der Waals surface area contributed by atoms with Crippen molar-refractivity contribution in [1.29, 1.82) is 5.26 Å². The first kappa shape index (κ1) is 15.4. The molecule has 0 saturated carbocycles. The maximum Gasteiger partial charge on any atom is 0.348 e. The Morgan fingerprint density at radius 1 is 1.35 bits per heavy atom. The van der Waals surface area contributed by atoms with E-state index in [4.69, 9.17) is 19.5 Å². The van der Waals surface area contributed by atoms with Crippen LogP contribution >= 0.6 is 0 Å². The molecule has 1 rings (SSSR count). The van der Waals surface area contributed by atoms with E-state index in [-0.39, 0.29) is 29.4 Å². The van der Waals surface area contributed by atoms with Crippen LogP contribution in [0.4, 0.5) is 0 Å². The normalized spacial score (nSPS) is 10.6. The molecular formula is C14H15NO5. The first-order chi connectivity index (χ1) is 9.57. The molecular weight excluding hydrogens is 262 g/mol. The van der Waals surface area contributed by atoms with Crippen LogP contribution in [0.3, 0.4) is 0 Å². The number of nitrogens with zero attached hydrogens (tertiary/aromatic N) is 1. The Kier molecular flexibility index (Phi) is 5.42. The van der Waals surface area contributed by atoms with Crippen molar-refractivity contribution in [3.05, 3.63) is 23.3 Å². The zero-order valence-electron chi connectivity index (χ0n) is 11.5. The summed E-state index contributed by atoms with van der Waals surface area (Å²) >= 11 is 0. The topological polar surface area (TPSA) is 88.8 Å². The van der Waals surface area contributed by atoms with Gasteiger partial charge in [0.15, 0.2) is 11.5 Å². The zero-order chi connectivity index (χ0) is 15.1. The van der Waals surface area contributed by atoms with Gasteiger partial charge in [0.05, 0.1) is 20.8 Å². The molecule has 0 aliphatic carbocycles. The lowest BCUT2D eigenvalue weighted by Crippen LogP contribution is -2.06. The van der Waals surface area contributed by atoms with E-state index in [0.29, 0.717) is 5.56 Å². The Morgan fingerprint density at radius 2 is 1.90 bits per heavy atom. The molecule has 0 atom stereocenters. The number of carbonyl (C=O) groups is 1. The van der Waals surface area contributed by atoms with Gasteiger partial charge < -0.3 is 19.3 Å². The number of rotatable bonds is 5. The van der Waals surface area contributed by atoms with Crippen LogP contribution in [0.15, 0.2) is 17.7 Å². The number of carbonyl (C=O) groups excluding carboxylic acids is 1. The number of nitriles is 1. The van der Waals surface area contributed by atoms with Crippen LogP contribution in [0.5, 0.6) is 17.2 Å². The lowest BCUT2D eigenvalue weighted by molar-refractivity contribution is -0.137. The molecule has 0 heterocycles. The number of methoxy groups -OCH3 is 2. The summed E-state index contributed by atoms with van der Waals surface area (Å²) < 4.78 is 14.7. The highest BCUT2D eigenvalue weighted by atomic mass is 16.5. The third-order valence-corrected chi connectivity index (χ3v) is 2.43. The fraction of sp³-hybridized carbons (Fsp3) is 0.286. The lowest BCUT2D eigenvalue weighted by Gasteiger charge is -2.09. The fourth-order valence-corrected chi connectivity index (χ4v) is 1.51. The number of ether oxygens (including phenoxy) is 3. The average molecular weight is 277 g/mol. The standard InChI is InChI=1S/C14H15NO5/c1-4-20-14(17)10(8-15)5-9-6-11(18-2)13(16)12(7-9)19-3/h5-7,16H,4H2,1-3H3/b10-5+. The number of hydrogen-bond donors (Lipinski definition) is 1. The van der Waals surface area contributed by atoms with E-state index in [1.54, 1.807) is 13.0 Å². The van der Waals surface area contributed by atoms with Gasteiger partial charge in [0.2, 0.25) is 5.75 Å². The van der Waals surface area contributed by atoms with Crippen molar-refractivity contribution in [1.82, 2.24) is 0 Å². The molecule has 6 heteroatoms. The van der Waals surface area contributed by atoms with E-state index in [1.807, 2.05) is 0 Å². The largest absolute Gasteiger partial charge is 0.502 e. The summed E-state index contributed by atoms with van der Waals surface area (Å²) in [6.07, 6.45) is 1.34. The van der Waals surface area contributed by atoms with Crippen LogP contribution in [0.2, 0.25) is 0 Å². The van der Waals surface area contributed by atoms with Gasteiger partial charge in [-0.1, -0.05) is 0 Å². The molecule has 1 aromatic rings. The van der Waals surface area contributed by atoms with Crippen LogP contribution in [-0.2, 0) is 9.53 Å². The van der Waals surface area contributed by atoms with Gasteiger partial charge >= 0.3 is 5.97 Å². The highest BCUT2D eigenvalue weighted by Gasteiger charge is 2.13. The summed E-state index contributed by atoms with van der Waals surface area (Å²) in [6.45, 7) is 1.83. The highest BCUT2D eigenvalue weighted by Crippen LogP contribution is 2.37. The van der Waals surface area contributed by atoms with E-state index in [2.05, 4.69) is 0 Å². The summed E-state index contributed by atoms with van der Waals surface area (Å²) in [7, 11) is 2.77. The maximum absolute atomic E-state index is 11.5. The molecule has 0 aromatic heterocycles. The molecule has 0 bridgehead atoms. The number of benzene rings is 1. The van der Waals surface area contributed by atoms with Gasteiger partial charge in [-0.15, -0.1) is 0 Å². The molecule has 0 amide bonds. The Balaban J connectivity index is 3.26. The molecule has 0 fully saturated rings. The molecule has 0 aliphatic rings. The van der Waals surface area contributed by atoms with Crippen molar-refractivity contribution in [2.24, 2.45) is 0 Å². The van der Waals surface area contributed by atoms with Crippen LogP contribution in [-0.4, -0.2) is 31.9 Å². The Bertz CT molecular complexity index is 546. The summed E-state index contributed by atoms with van der Waals surface area (Å²) in [5, 5.41) is 18.7. The molecule has 6 nitrogen and oxygen atoms in total. The first-order valence-corrected chi connectivity index (χ1v) is 5.81. The minimum atomic E-state index is -0.707. The van der Waals surface area contributed by atoms with Crippen LogP contribution in [0.25, 0.3) is 6.08 Å². The minimum Gasteiger partial charge on any atom is -0.502 e. The summed E-state index contributed by atoms with van der Waals surface area (Å²) in [4.78, 5) is 11.5. The summed E-state index contributed by atoms with van der Waals surface area (Å²) in [5.41, 5.74) is 0.322. The van der Waals surface area contributed by atoms with E-state index < -0.39 is 5.97 Å². The molecule has 1 aromatic carbocycles. The van der Waals surface area contributed by atoms with E-state index >= 15 is 0 Å². The van der Waals surface area contributed by atoms with Crippen molar-refractivity contribution in [3.8, 4) is 23.3 Å².